The predicted molar refractivity (Wildman–Crippen MR) is 75.4 cm³/mol. The summed E-state index contributed by atoms with van der Waals surface area (Å²) in [6, 6.07) is 7.41. The summed E-state index contributed by atoms with van der Waals surface area (Å²) in [6.45, 7) is 2.38. The molecule has 1 aromatic rings. The summed E-state index contributed by atoms with van der Waals surface area (Å²) < 4.78 is 0. The average Bonchev–Trinajstić information content (AvgIpc) is 2.86. The summed E-state index contributed by atoms with van der Waals surface area (Å²) in [6.07, 6.45) is 2.68. The van der Waals surface area contributed by atoms with Gasteiger partial charge in [-0.05, 0) is 25.3 Å². The van der Waals surface area contributed by atoms with Crippen LogP contribution in [-0.2, 0) is 11.3 Å². The fraction of sp³-hybridized carbons (Fsp3) is 0.467. The lowest BCUT2D eigenvalue weighted by molar-refractivity contribution is -0.144. The molecule has 0 spiro atoms. The van der Waals surface area contributed by atoms with E-state index in [4.69, 9.17) is 0 Å². The Labute approximate surface area is 118 Å². The summed E-state index contributed by atoms with van der Waals surface area (Å²) in [7, 11) is 0. The molecule has 0 aromatic heterocycles. The molecule has 0 bridgehead atoms. The lowest BCUT2D eigenvalue weighted by Gasteiger charge is -2.25. The zero-order valence-corrected chi connectivity index (χ0v) is 11.6. The third kappa shape index (κ3) is 3.29. The number of carbonyl (C=O) groups is 2. The molecule has 1 aliphatic carbocycles. The van der Waals surface area contributed by atoms with Crippen molar-refractivity contribution in [1.82, 2.24) is 10.6 Å². The van der Waals surface area contributed by atoms with Gasteiger partial charge in [0.1, 0.15) is 5.54 Å². The number of aryl methyl sites for hydroxylation is 1. The highest BCUT2D eigenvalue weighted by molar-refractivity contribution is 5.86. The van der Waals surface area contributed by atoms with E-state index in [0.29, 0.717) is 19.4 Å². The molecule has 1 aliphatic rings. The second-order valence-electron chi connectivity index (χ2n) is 5.39. The van der Waals surface area contributed by atoms with Crippen LogP contribution in [0.1, 0.15) is 36.8 Å². The van der Waals surface area contributed by atoms with Gasteiger partial charge in [-0.2, -0.15) is 0 Å². The Hall–Kier alpha value is -2.04. The summed E-state index contributed by atoms with van der Waals surface area (Å²) in [5.74, 6) is -0.944. The first-order valence-corrected chi connectivity index (χ1v) is 6.87. The van der Waals surface area contributed by atoms with Crippen molar-refractivity contribution in [2.45, 2.75) is 44.7 Å². The van der Waals surface area contributed by atoms with Crippen molar-refractivity contribution in [3.8, 4) is 0 Å². The first-order valence-electron chi connectivity index (χ1n) is 6.87. The van der Waals surface area contributed by atoms with Crippen molar-refractivity contribution in [2.24, 2.45) is 0 Å². The molecule has 1 aromatic carbocycles. The first kappa shape index (κ1) is 14.4. The molecule has 1 fully saturated rings. The van der Waals surface area contributed by atoms with Crippen LogP contribution in [0.25, 0.3) is 0 Å². The van der Waals surface area contributed by atoms with E-state index in [1.807, 2.05) is 31.2 Å². The molecule has 0 unspecified atom stereocenters. The fourth-order valence-electron chi connectivity index (χ4n) is 2.64. The molecule has 0 heterocycles. The molecule has 0 aliphatic heterocycles. The van der Waals surface area contributed by atoms with Gasteiger partial charge in [0.25, 0.3) is 0 Å². The van der Waals surface area contributed by atoms with Crippen LogP contribution in [0.3, 0.4) is 0 Å². The predicted octanol–water partition coefficient (Wildman–Crippen LogP) is 2.19. The van der Waals surface area contributed by atoms with Crippen molar-refractivity contribution in [2.75, 3.05) is 0 Å². The molecule has 3 N–H and O–H groups in total. The summed E-state index contributed by atoms with van der Waals surface area (Å²) >= 11 is 0. The van der Waals surface area contributed by atoms with E-state index in [9.17, 15) is 14.7 Å². The molecule has 0 saturated heterocycles. The number of urea groups is 1. The minimum atomic E-state index is -1.09. The topological polar surface area (TPSA) is 78.4 Å². The normalized spacial score (nSPS) is 16.6. The Balaban J connectivity index is 1.90. The Morgan fingerprint density at radius 3 is 2.60 bits per heavy atom. The third-order valence-corrected chi connectivity index (χ3v) is 3.75. The standard InChI is InChI=1S/C15H20N2O3/c1-11-5-4-6-12(9-11)10-16-14(20)17-15(13(18)19)7-2-3-8-15/h4-6,9H,2-3,7-8,10H2,1H3,(H,18,19)(H2,16,17,20). The molecule has 0 atom stereocenters. The molecule has 1 saturated carbocycles. The minimum absolute atomic E-state index is 0.392. The highest BCUT2D eigenvalue weighted by Gasteiger charge is 2.42. The molecule has 2 amide bonds. The van der Waals surface area contributed by atoms with Crippen molar-refractivity contribution < 1.29 is 14.7 Å². The maximum absolute atomic E-state index is 11.9. The lowest BCUT2D eigenvalue weighted by Crippen LogP contribution is -2.55. The van der Waals surface area contributed by atoms with E-state index in [-0.39, 0.29) is 0 Å². The number of carbonyl (C=O) groups excluding carboxylic acids is 1. The van der Waals surface area contributed by atoms with Crippen LogP contribution in [0.5, 0.6) is 0 Å². The van der Waals surface area contributed by atoms with E-state index >= 15 is 0 Å². The van der Waals surface area contributed by atoms with Gasteiger partial charge < -0.3 is 15.7 Å². The number of hydrogen-bond donors (Lipinski definition) is 3. The average molecular weight is 276 g/mol. The maximum atomic E-state index is 11.9. The van der Waals surface area contributed by atoms with Gasteiger partial charge in [0.05, 0.1) is 0 Å². The van der Waals surface area contributed by atoms with Crippen molar-refractivity contribution in [3.05, 3.63) is 35.4 Å². The molecule has 20 heavy (non-hydrogen) atoms. The van der Waals surface area contributed by atoms with E-state index in [0.717, 1.165) is 24.0 Å². The van der Waals surface area contributed by atoms with Crippen molar-refractivity contribution >= 4 is 12.0 Å². The Kier molecular flexibility index (Phi) is 4.27. The Morgan fingerprint density at radius 2 is 2.00 bits per heavy atom. The van der Waals surface area contributed by atoms with Crippen LogP contribution in [0.15, 0.2) is 24.3 Å². The van der Waals surface area contributed by atoms with E-state index in [1.54, 1.807) is 0 Å². The van der Waals surface area contributed by atoms with E-state index < -0.39 is 17.5 Å². The number of carboxylic acid groups (broad SMARTS) is 1. The fourth-order valence-corrected chi connectivity index (χ4v) is 2.64. The number of aliphatic carboxylic acids is 1. The summed E-state index contributed by atoms with van der Waals surface area (Å²) in [5, 5.41) is 14.6. The van der Waals surface area contributed by atoms with Gasteiger partial charge in [0, 0.05) is 6.54 Å². The molecule has 108 valence electrons. The van der Waals surface area contributed by atoms with Crippen LogP contribution in [0.2, 0.25) is 0 Å². The summed E-state index contributed by atoms with van der Waals surface area (Å²) in [5.41, 5.74) is 1.04. The van der Waals surface area contributed by atoms with Crippen LogP contribution in [-0.4, -0.2) is 22.6 Å². The SMILES string of the molecule is Cc1cccc(CNC(=O)NC2(C(=O)O)CCCC2)c1. The van der Waals surface area contributed by atoms with E-state index in [2.05, 4.69) is 10.6 Å². The Bertz CT molecular complexity index is 508. The molecule has 0 radical (unpaired) electrons. The number of nitrogens with one attached hydrogen (secondary N) is 2. The van der Waals surface area contributed by atoms with Gasteiger partial charge in [0.2, 0.25) is 0 Å². The van der Waals surface area contributed by atoms with Crippen molar-refractivity contribution in [1.29, 1.82) is 0 Å². The number of amides is 2. The summed E-state index contributed by atoms with van der Waals surface area (Å²) in [4.78, 5) is 23.2. The molecular formula is C15H20N2O3. The van der Waals surface area contributed by atoms with Gasteiger partial charge in [0.15, 0.2) is 0 Å². The second-order valence-corrected chi connectivity index (χ2v) is 5.39. The number of hydrogen-bond acceptors (Lipinski definition) is 2. The number of benzene rings is 1. The van der Waals surface area contributed by atoms with Gasteiger partial charge in [-0.1, -0.05) is 42.7 Å². The third-order valence-electron chi connectivity index (χ3n) is 3.75. The van der Waals surface area contributed by atoms with Crippen LogP contribution in [0, 0.1) is 6.92 Å². The van der Waals surface area contributed by atoms with Crippen LogP contribution >= 0.6 is 0 Å². The minimum Gasteiger partial charge on any atom is -0.480 e. The molecule has 5 nitrogen and oxygen atoms in total. The highest BCUT2D eigenvalue weighted by atomic mass is 16.4. The smallest absolute Gasteiger partial charge is 0.329 e. The number of rotatable bonds is 4. The van der Waals surface area contributed by atoms with Gasteiger partial charge in [-0.25, -0.2) is 9.59 Å². The zero-order valence-electron chi connectivity index (χ0n) is 11.6. The molecular weight excluding hydrogens is 256 g/mol. The second kappa shape index (κ2) is 5.94. The largest absolute Gasteiger partial charge is 0.480 e. The van der Waals surface area contributed by atoms with Crippen molar-refractivity contribution in [3.63, 3.8) is 0 Å². The molecule has 5 heteroatoms. The van der Waals surface area contributed by atoms with Gasteiger partial charge >= 0.3 is 12.0 Å². The van der Waals surface area contributed by atoms with Crippen LogP contribution in [0.4, 0.5) is 4.79 Å². The molecule has 2 rings (SSSR count). The monoisotopic (exact) mass is 276 g/mol. The maximum Gasteiger partial charge on any atom is 0.329 e. The van der Waals surface area contributed by atoms with Gasteiger partial charge in [-0.3, -0.25) is 0 Å². The van der Waals surface area contributed by atoms with E-state index in [1.165, 1.54) is 0 Å². The lowest BCUT2D eigenvalue weighted by atomic mass is 9.98. The number of carboxylic acids is 1. The highest BCUT2D eigenvalue weighted by Crippen LogP contribution is 2.29. The Morgan fingerprint density at radius 1 is 1.30 bits per heavy atom. The quantitative estimate of drug-likeness (QED) is 0.788. The zero-order chi connectivity index (χ0) is 14.6. The first-order chi connectivity index (χ1) is 9.52. The van der Waals surface area contributed by atoms with Crippen LogP contribution < -0.4 is 10.6 Å². The van der Waals surface area contributed by atoms with Gasteiger partial charge in [-0.15, -0.1) is 0 Å².